The first-order valence-electron chi connectivity index (χ1n) is 5.21. The van der Waals surface area contributed by atoms with Gasteiger partial charge < -0.3 is 10.8 Å². The van der Waals surface area contributed by atoms with Crippen LogP contribution in [0.4, 0.5) is 10.2 Å². The maximum Gasteiger partial charge on any atom is 0.129 e. The summed E-state index contributed by atoms with van der Waals surface area (Å²) in [5, 5.41) is 10.5. The van der Waals surface area contributed by atoms with Crippen molar-refractivity contribution in [2.45, 2.75) is 12.5 Å². The molecule has 0 amide bonds. The summed E-state index contributed by atoms with van der Waals surface area (Å²) >= 11 is 0. The molecule has 2 rings (SSSR count). The number of benzene rings is 1. The number of halogens is 1. The highest BCUT2D eigenvalue weighted by Gasteiger charge is 2.28. The Labute approximate surface area is 98.7 Å². The molecule has 0 fully saturated rings. The summed E-state index contributed by atoms with van der Waals surface area (Å²) in [5.41, 5.74) is 5.26. The average molecular weight is 232 g/mol. The van der Waals surface area contributed by atoms with Crippen molar-refractivity contribution in [3.63, 3.8) is 0 Å². The lowest BCUT2D eigenvalue weighted by Crippen LogP contribution is -2.24. The largest absolute Gasteiger partial charge is 0.383 e. The predicted octanol–water partition coefficient (Wildman–Crippen LogP) is 2.06. The lowest BCUT2D eigenvalue weighted by Gasteiger charge is -2.25. The van der Waals surface area contributed by atoms with E-state index in [9.17, 15) is 9.50 Å². The van der Waals surface area contributed by atoms with Gasteiger partial charge in [0.25, 0.3) is 0 Å². The highest BCUT2D eigenvalue weighted by atomic mass is 19.1. The second kappa shape index (κ2) is 4.14. The van der Waals surface area contributed by atoms with Gasteiger partial charge >= 0.3 is 0 Å². The Hall–Kier alpha value is -1.94. The van der Waals surface area contributed by atoms with E-state index in [4.69, 9.17) is 5.73 Å². The fourth-order valence-corrected chi connectivity index (χ4v) is 1.78. The Morgan fingerprint density at radius 1 is 1.29 bits per heavy atom. The number of nitrogen functional groups attached to an aromatic ring is 1. The van der Waals surface area contributed by atoms with E-state index in [1.807, 2.05) is 0 Å². The highest BCUT2D eigenvalue weighted by Crippen LogP contribution is 2.31. The first-order valence-corrected chi connectivity index (χ1v) is 5.21. The standard InChI is InChI=1S/C13H13FN2O/c1-13(17,9-4-2-5-10(14)8-9)11-6-3-7-16-12(11)15/h2-8,17H,1H3,(H2,15,16). The molecule has 0 saturated carbocycles. The van der Waals surface area contributed by atoms with Crippen LogP contribution >= 0.6 is 0 Å². The molecular weight excluding hydrogens is 219 g/mol. The number of hydrogen-bond acceptors (Lipinski definition) is 3. The molecule has 0 aliphatic carbocycles. The number of nitrogens with zero attached hydrogens (tertiary/aromatic N) is 1. The number of aromatic nitrogens is 1. The van der Waals surface area contributed by atoms with Crippen LogP contribution in [0.25, 0.3) is 0 Å². The predicted molar refractivity (Wildman–Crippen MR) is 63.7 cm³/mol. The maximum absolute atomic E-state index is 13.2. The van der Waals surface area contributed by atoms with E-state index in [1.54, 1.807) is 37.4 Å². The van der Waals surface area contributed by atoms with Crippen LogP contribution in [-0.2, 0) is 5.60 Å². The summed E-state index contributed by atoms with van der Waals surface area (Å²) in [4.78, 5) is 3.92. The Kier molecular flexibility index (Phi) is 2.81. The normalized spacial score (nSPS) is 14.3. The molecule has 3 nitrogen and oxygen atoms in total. The summed E-state index contributed by atoms with van der Waals surface area (Å²) < 4.78 is 13.2. The molecule has 1 aromatic carbocycles. The van der Waals surface area contributed by atoms with Crippen LogP contribution in [0, 0.1) is 5.82 Å². The van der Waals surface area contributed by atoms with Crippen LogP contribution in [0.1, 0.15) is 18.1 Å². The van der Waals surface area contributed by atoms with Crippen molar-refractivity contribution in [2.75, 3.05) is 5.73 Å². The van der Waals surface area contributed by atoms with Gasteiger partial charge in [0.05, 0.1) is 0 Å². The molecular formula is C13H13FN2O. The van der Waals surface area contributed by atoms with Crippen LogP contribution < -0.4 is 5.73 Å². The summed E-state index contributed by atoms with van der Waals surface area (Å²) in [6.07, 6.45) is 1.54. The highest BCUT2D eigenvalue weighted by molar-refractivity contribution is 5.47. The summed E-state index contributed by atoms with van der Waals surface area (Å²) in [6, 6.07) is 9.16. The minimum absolute atomic E-state index is 0.238. The smallest absolute Gasteiger partial charge is 0.129 e. The van der Waals surface area contributed by atoms with Crippen LogP contribution in [-0.4, -0.2) is 10.1 Å². The molecule has 4 heteroatoms. The van der Waals surface area contributed by atoms with Crippen LogP contribution in [0.2, 0.25) is 0 Å². The molecule has 0 radical (unpaired) electrons. The van der Waals surface area contributed by atoms with E-state index >= 15 is 0 Å². The van der Waals surface area contributed by atoms with E-state index in [-0.39, 0.29) is 5.82 Å². The van der Waals surface area contributed by atoms with Gasteiger partial charge in [0.2, 0.25) is 0 Å². The van der Waals surface area contributed by atoms with Gasteiger partial charge in [0, 0.05) is 11.8 Å². The number of aliphatic hydroxyl groups is 1. The number of rotatable bonds is 2. The van der Waals surface area contributed by atoms with Crippen LogP contribution in [0.15, 0.2) is 42.6 Å². The van der Waals surface area contributed by atoms with Crippen molar-refractivity contribution in [3.8, 4) is 0 Å². The van der Waals surface area contributed by atoms with Gasteiger partial charge in [-0.25, -0.2) is 9.37 Å². The van der Waals surface area contributed by atoms with Gasteiger partial charge in [-0.2, -0.15) is 0 Å². The lowest BCUT2D eigenvalue weighted by molar-refractivity contribution is 0.102. The lowest BCUT2D eigenvalue weighted by atomic mass is 9.88. The topological polar surface area (TPSA) is 59.1 Å². The molecule has 0 bridgehead atoms. The van der Waals surface area contributed by atoms with Crippen molar-refractivity contribution in [1.82, 2.24) is 4.98 Å². The SMILES string of the molecule is CC(O)(c1cccc(F)c1)c1cccnc1N. The molecule has 3 N–H and O–H groups in total. The van der Waals surface area contributed by atoms with Gasteiger partial charge in [-0.15, -0.1) is 0 Å². The molecule has 1 heterocycles. The van der Waals surface area contributed by atoms with Gasteiger partial charge in [0.1, 0.15) is 17.2 Å². The van der Waals surface area contributed by atoms with E-state index in [0.717, 1.165) is 0 Å². The first-order chi connectivity index (χ1) is 8.01. The zero-order valence-electron chi connectivity index (χ0n) is 9.39. The van der Waals surface area contributed by atoms with E-state index in [0.29, 0.717) is 11.1 Å². The Morgan fingerprint density at radius 3 is 2.71 bits per heavy atom. The second-order valence-electron chi connectivity index (χ2n) is 4.02. The Balaban J connectivity index is 2.53. The fraction of sp³-hybridized carbons (Fsp3) is 0.154. The third-order valence-corrected chi connectivity index (χ3v) is 2.75. The molecule has 0 spiro atoms. The molecule has 88 valence electrons. The minimum Gasteiger partial charge on any atom is -0.383 e. The third-order valence-electron chi connectivity index (χ3n) is 2.75. The Morgan fingerprint density at radius 2 is 2.06 bits per heavy atom. The molecule has 2 aromatic rings. The first kappa shape index (κ1) is 11.5. The van der Waals surface area contributed by atoms with E-state index in [1.165, 1.54) is 12.1 Å². The van der Waals surface area contributed by atoms with Crippen molar-refractivity contribution >= 4 is 5.82 Å². The van der Waals surface area contributed by atoms with Gasteiger partial charge in [-0.3, -0.25) is 0 Å². The van der Waals surface area contributed by atoms with E-state index < -0.39 is 11.4 Å². The quantitative estimate of drug-likeness (QED) is 0.833. The second-order valence-corrected chi connectivity index (χ2v) is 4.02. The fourth-order valence-electron chi connectivity index (χ4n) is 1.78. The van der Waals surface area contributed by atoms with Gasteiger partial charge in [0.15, 0.2) is 0 Å². The third kappa shape index (κ3) is 2.12. The number of anilines is 1. The zero-order chi connectivity index (χ0) is 12.5. The monoisotopic (exact) mass is 232 g/mol. The van der Waals surface area contributed by atoms with Crippen molar-refractivity contribution in [1.29, 1.82) is 0 Å². The molecule has 0 aliphatic rings. The number of hydrogen-bond donors (Lipinski definition) is 2. The van der Waals surface area contributed by atoms with Crippen molar-refractivity contribution in [3.05, 3.63) is 59.5 Å². The Bertz CT molecular complexity index is 540. The molecule has 1 atom stereocenters. The number of pyridine rings is 1. The average Bonchev–Trinajstić information content (AvgIpc) is 2.29. The minimum atomic E-state index is -1.36. The van der Waals surface area contributed by atoms with Crippen molar-refractivity contribution < 1.29 is 9.50 Å². The number of nitrogens with two attached hydrogens (primary N) is 1. The summed E-state index contributed by atoms with van der Waals surface area (Å²) in [6.45, 7) is 1.56. The van der Waals surface area contributed by atoms with Crippen LogP contribution in [0.5, 0.6) is 0 Å². The van der Waals surface area contributed by atoms with Crippen LogP contribution in [0.3, 0.4) is 0 Å². The van der Waals surface area contributed by atoms with E-state index in [2.05, 4.69) is 4.98 Å². The van der Waals surface area contributed by atoms with Crippen molar-refractivity contribution in [2.24, 2.45) is 0 Å². The zero-order valence-corrected chi connectivity index (χ0v) is 9.39. The summed E-state index contributed by atoms with van der Waals surface area (Å²) in [7, 11) is 0. The maximum atomic E-state index is 13.2. The van der Waals surface area contributed by atoms with Gasteiger partial charge in [-0.1, -0.05) is 18.2 Å². The molecule has 1 aromatic heterocycles. The molecule has 17 heavy (non-hydrogen) atoms. The van der Waals surface area contributed by atoms with Gasteiger partial charge in [-0.05, 0) is 30.7 Å². The summed E-state index contributed by atoms with van der Waals surface area (Å²) in [5.74, 6) is -0.160. The molecule has 0 aliphatic heterocycles. The molecule has 1 unspecified atom stereocenters. The molecule has 0 saturated heterocycles.